The molecule has 33 heavy (non-hydrogen) atoms. The van der Waals surface area contributed by atoms with Crippen LogP contribution in [0.5, 0.6) is 0 Å². The van der Waals surface area contributed by atoms with E-state index in [1.807, 2.05) is 0 Å². The van der Waals surface area contributed by atoms with E-state index in [1.54, 1.807) is 0 Å². The molecule has 2 amide bonds. The lowest BCUT2D eigenvalue weighted by atomic mass is 10.00. The van der Waals surface area contributed by atoms with Crippen LogP contribution in [0.1, 0.15) is 17.2 Å². The molecule has 0 saturated carbocycles. The van der Waals surface area contributed by atoms with Gasteiger partial charge in [0.15, 0.2) is 11.6 Å². The highest BCUT2D eigenvalue weighted by Gasteiger charge is 2.27. The summed E-state index contributed by atoms with van der Waals surface area (Å²) in [7, 11) is 4.16. The zero-order chi connectivity index (χ0) is 23.5. The van der Waals surface area contributed by atoms with Gasteiger partial charge in [0, 0.05) is 63.8 Å². The molecule has 0 spiro atoms. The molecule has 0 aromatic heterocycles. The number of halogens is 2. The molecule has 2 aromatic carbocycles. The van der Waals surface area contributed by atoms with E-state index in [4.69, 9.17) is 0 Å². The summed E-state index contributed by atoms with van der Waals surface area (Å²) < 4.78 is 26.5. The highest BCUT2D eigenvalue weighted by Crippen LogP contribution is 2.31. The zero-order valence-corrected chi connectivity index (χ0v) is 18.9. The topological polar surface area (TPSA) is 67.9 Å². The molecule has 2 aliphatic heterocycles. The number of nitrogens with zero attached hydrogens (tertiary/aromatic N) is 3. The van der Waals surface area contributed by atoms with Crippen molar-refractivity contribution in [2.24, 2.45) is 0 Å². The first-order valence-electron chi connectivity index (χ1n) is 11.1. The Balaban J connectivity index is 1.45. The van der Waals surface area contributed by atoms with Crippen LogP contribution in [-0.4, -0.2) is 75.0 Å². The second kappa shape index (κ2) is 9.84. The van der Waals surface area contributed by atoms with Crippen LogP contribution in [-0.2, 0) is 16.0 Å². The van der Waals surface area contributed by atoms with Crippen molar-refractivity contribution < 1.29 is 18.4 Å². The zero-order valence-electron chi connectivity index (χ0n) is 18.9. The molecule has 2 N–H and O–H groups in total. The summed E-state index contributed by atoms with van der Waals surface area (Å²) >= 11 is 0. The molecule has 4 rings (SSSR count). The first-order chi connectivity index (χ1) is 15.8. The lowest BCUT2D eigenvalue weighted by Crippen LogP contribution is -2.49. The third-order valence-electron chi connectivity index (χ3n) is 6.43. The SMILES string of the molecule is CN1CCN([C@@H](CNC(=O)C(=O)Nc2ccc(F)c(F)c2)c2ccc3c(c2)CCN3C)CC1. The molecular formula is C24H29F2N5O2. The largest absolute Gasteiger partial charge is 0.374 e. The van der Waals surface area contributed by atoms with Crippen LogP contribution in [0, 0.1) is 11.6 Å². The van der Waals surface area contributed by atoms with Crippen LogP contribution < -0.4 is 15.5 Å². The number of amides is 2. The van der Waals surface area contributed by atoms with Crippen molar-refractivity contribution in [3.05, 3.63) is 59.2 Å². The number of likely N-dealkylation sites (N-methyl/N-ethyl adjacent to an activating group) is 2. The van der Waals surface area contributed by atoms with Crippen LogP contribution in [0.25, 0.3) is 0 Å². The van der Waals surface area contributed by atoms with Gasteiger partial charge in [0.1, 0.15) is 0 Å². The standard InChI is InChI=1S/C24H29F2N5O2/c1-29-9-11-31(12-10-29)22(16-3-6-21-17(13-16)7-8-30(21)2)15-27-23(32)24(33)28-18-4-5-19(25)20(26)14-18/h3-6,13-14,22H,7-12,15H2,1-2H3,(H,27,32)(H,28,33)/t22-/m0/s1. The van der Waals surface area contributed by atoms with Crippen molar-refractivity contribution in [1.82, 2.24) is 15.1 Å². The van der Waals surface area contributed by atoms with Crippen molar-refractivity contribution in [2.75, 3.05) is 63.6 Å². The minimum atomic E-state index is -1.09. The number of hydrogen-bond donors (Lipinski definition) is 2. The number of hydrogen-bond acceptors (Lipinski definition) is 5. The molecule has 0 bridgehead atoms. The van der Waals surface area contributed by atoms with Gasteiger partial charge in [0.2, 0.25) is 0 Å². The summed E-state index contributed by atoms with van der Waals surface area (Å²) in [6, 6.07) is 9.30. The molecule has 1 atom stereocenters. The second-order valence-electron chi connectivity index (χ2n) is 8.71. The van der Waals surface area contributed by atoms with Crippen LogP contribution >= 0.6 is 0 Å². The third kappa shape index (κ3) is 5.31. The van der Waals surface area contributed by atoms with Crippen LogP contribution in [0.3, 0.4) is 0 Å². The minimum Gasteiger partial charge on any atom is -0.374 e. The fraction of sp³-hybridized carbons (Fsp3) is 0.417. The first kappa shape index (κ1) is 23.1. The van der Waals surface area contributed by atoms with Gasteiger partial charge in [0.05, 0.1) is 6.04 Å². The monoisotopic (exact) mass is 457 g/mol. The molecule has 1 saturated heterocycles. The lowest BCUT2D eigenvalue weighted by Gasteiger charge is -2.38. The highest BCUT2D eigenvalue weighted by atomic mass is 19.2. The van der Waals surface area contributed by atoms with Crippen LogP contribution in [0.15, 0.2) is 36.4 Å². The van der Waals surface area contributed by atoms with Gasteiger partial charge in [-0.3, -0.25) is 14.5 Å². The molecule has 0 radical (unpaired) electrons. The van der Waals surface area contributed by atoms with Gasteiger partial charge in [-0.25, -0.2) is 8.78 Å². The molecule has 176 valence electrons. The molecule has 2 heterocycles. The fourth-order valence-corrected chi connectivity index (χ4v) is 4.42. The molecule has 7 nitrogen and oxygen atoms in total. The molecule has 2 aromatic rings. The number of piperazine rings is 1. The van der Waals surface area contributed by atoms with Crippen molar-refractivity contribution >= 4 is 23.2 Å². The maximum absolute atomic E-state index is 13.4. The van der Waals surface area contributed by atoms with Crippen molar-refractivity contribution in [3.63, 3.8) is 0 Å². The molecule has 0 aliphatic carbocycles. The Kier molecular flexibility index (Phi) is 6.90. The lowest BCUT2D eigenvalue weighted by molar-refractivity contribution is -0.136. The van der Waals surface area contributed by atoms with E-state index in [0.29, 0.717) is 0 Å². The van der Waals surface area contributed by atoms with Gasteiger partial charge in [-0.15, -0.1) is 0 Å². The Morgan fingerprint density at radius 2 is 1.70 bits per heavy atom. The maximum atomic E-state index is 13.4. The average molecular weight is 458 g/mol. The predicted octanol–water partition coefficient (Wildman–Crippen LogP) is 2.00. The van der Waals surface area contributed by atoms with E-state index in [-0.39, 0.29) is 18.3 Å². The smallest absolute Gasteiger partial charge is 0.313 e. The van der Waals surface area contributed by atoms with Crippen molar-refractivity contribution in [3.8, 4) is 0 Å². The molecule has 0 unspecified atom stereocenters. The van der Waals surface area contributed by atoms with Gasteiger partial charge in [-0.2, -0.15) is 0 Å². The number of rotatable bonds is 5. The Labute approximate surface area is 192 Å². The van der Waals surface area contributed by atoms with Gasteiger partial charge in [-0.1, -0.05) is 12.1 Å². The van der Waals surface area contributed by atoms with E-state index in [1.165, 1.54) is 17.3 Å². The normalized spacial score (nSPS) is 17.5. The van der Waals surface area contributed by atoms with E-state index in [9.17, 15) is 18.4 Å². The van der Waals surface area contributed by atoms with Crippen LogP contribution in [0.4, 0.5) is 20.2 Å². The third-order valence-corrected chi connectivity index (χ3v) is 6.43. The Bertz CT molecular complexity index is 1040. The Hall–Kier alpha value is -3.04. The van der Waals surface area contributed by atoms with Gasteiger partial charge in [-0.05, 0) is 42.8 Å². The van der Waals surface area contributed by atoms with E-state index in [2.05, 4.69) is 57.6 Å². The van der Waals surface area contributed by atoms with Crippen molar-refractivity contribution in [2.45, 2.75) is 12.5 Å². The molecule has 1 fully saturated rings. The van der Waals surface area contributed by atoms with Gasteiger partial charge >= 0.3 is 11.8 Å². The number of fused-ring (bicyclic) bond motifs is 1. The summed E-state index contributed by atoms with van der Waals surface area (Å²) in [4.78, 5) is 31.6. The number of anilines is 2. The van der Waals surface area contributed by atoms with Gasteiger partial charge < -0.3 is 20.4 Å². The minimum absolute atomic E-state index is 0.0207. The average Bonchev–Trinajstić information content (AvgIpc) is 3.17. The van der Waals surface area contributed by atoms with Crippen LogP contribution in [0.2, 0.25) is 0 Å². The predicted molar refractivity (Wildman–Crippen MR) is 123 cm³/mol. The van der Waals surface area contributed by atoms with E-state index >= 15 is 0 Å². The molecule has 9 heteroatoms. The number of carbonyl (C=O) groups excluding carboxylic acids is 2. The molecular weight excluding hydrogens is 428 g/mol. The quantitative estimate of drug-likeness (QED) is 0.673. The maximum Gasteiger partial charge on any atom is 0.313 e. The number of carbonyl (C=O) groups is 2. The highest BCUT2D eigenvalue weighted by molar-refractivity contribution is 6.39. The summed E-state index contributed by atoms with van der Waals surface area (Å²) in [5, 5.41) is 5.04. The summed E-state index contributed by atoms with van der Waals surface area (Å²) in [5.74, 6) is -3.85. The summed E-state index contributed by atoms with van der Waals surface area (Å²) in [6.45, 7) is 4.81. The van der Waals surface area contributed by atoms with E-state index < -0.39 is 23.4 Å². The summed E-state index contributed by atoms with van der Waals surface area (Å²) in [5.41, 5.74) is 3.64. The Morgan fingerprint density at radius 3 is 2.42 bits per heavy atom. The fourth-order valence-electron chi connectivity index (χ4n) is 4.42. The molecule has 2 aliphatic rings. The Morgan fingerprint density at radius 1 is 0.939 bits per heavy atom. The van der Waals surface area contributed by atoms with Gasteiger partial charge in [0.25, 0.3) is 0 Å². The summed E-state index contributed by atoms with van der Waals surface area (Å²) in [6.07, 6.45) is 0.984. The number of benzene rings is 2. The number of nitrogens with one attached hydrogen (secondary N) is 2. The first-order valence-corrected chi connectivity index (χ1v) is 11.1. The van der Waals surface area contributed by atoms with E-state index in [0.717, 1.165) is 56.8 Å². The second-order valence-corrected chi connectivity index (χ2v) is 8.71. The van der Waals surface area contributed by atoms with Crippen molar-refractivity contribution in [1.29, 1.82) is 0 Å².